The van der Waals surface area contributed by atoms with Crippen molar-refractivity contribution in [2.24, 2.45) is 11.7 Å². The molecule has 0 unspecified atom stereocenters. The third kappa shape index (κ3) is 3.34. The molecule has 0 saturated heterocycles. The van der Waals surface area contributed by atoms with Gasteiger partial charge in [0.05, 0.1) is 0 Å². The largest absolute Gasteiger partial charge is 0.324 e. The lowest BCUT2D eigenvalue weighted by Gasteiger charge is -2.23. The molecule has 0 radical (unpaired) electrons. The summed E-state index contributed by atoms with van der Waals surface area (Å²) in [7, 11) is 0. The zero-order valence-corrected chi connectivity index (χ0v) is 10.1. The van der Waals surface area contributed by atoms with E-state index < -0.39 is 0 Å². The molecule has 1 atom stereocenters. The molecular weight excluding hydrogens is 194 g/mol. The van der Waals surface area contributed by atoms with E-state index >= 15 is 0 Å². The molecule has 2 N–H and O–H groups in total. The zero-order valence-electron chi connectivity index (χ0n) is 10.1. The van der Waals surface area contributed by atoms with E-state index in [2.05, 4.69) is 30.3 Å². The van der Waals surface area contributed by atoms with Gasteiger partial charge >= 0.3 is 0 Å². The second kappa shape index (κ2) is 6.05. The van der Waals surface area contributed by atoms with Gasteiger partial charge in [-0.05, 0) is 24.3 Å². The van der Waals surface area contributed by atoms with Crippen LogP contribution < -0.4 is 5.73 Å². The number of hydrogen-bond donors (Lipinski definition) is 1. The number of nitrogens with two attached hydrogens (primary N) is 1. The minimum atomic E-state index is 0.239. The van der Waals surface area contributed by atoms with Crippen molar-refractivity contribution in [2.45, 2.75) is 51.0 Å². The molecular formula is C15H23N. The van der Waals surface area contributed by atoms with E-state index in [0.717, 1.165) is 12.3 Å². The van der Waals surface area contributed by atoms with Gasteiger partial charge in [0.1, 0.15) is 0 Å². The first-order valence-electron chi connectivity index (χ1n) is 6.67. The number of hydrogen-bond acceptors (Lipinski definition) is 1. The highest BCUT2D eigenvalue weighted by Gasteiger charge is 2.15. The fourth-order valence-corrected chi connectivity index (χ4v) is 2.76. The van der Waals surface area contributed by atoms with Crippen molar-refractivity contribution in [3.05, 3.63) is 35.9 Å². The molecule has 1 aromatic carbocycles. The Balaban J connectivity index is 1.77. The van der Waals surface area contributed by atoms with Crippen molar-refractivity contribution in [2.75, 3.05) is 0 Å². The van der Waals surface area contributed by atoms with Crippen molar-refractivity contribution in [3.63, 3.8) is 0 Å². The Kier molecular flexibility index (Phi) is 4.41. The van der Waals surface area contributed by atoms with Gasteiger partial charge in [0.25, 0.3) is 0 Å². The Labute approximate surface area is 99.0 Å². The van der Waals surface area contributed by atoms with Crippen LogP contribution in [-0.2, 0) is 0 Å². The molecule has 1 fully saturated rings. The summed E-state index contributed by atoms with van der Waals surface area (Å²) in [6.07, 6.45) is 9.64. The molecule has 0 heterocycles. The summed E-state index contributed by atoms with van der Waals surface area (Å²) in [5, 5.41) is 0. The Bertz CT molecular complexity index is 288. The molecule has 0 spiro atoms. The first-order chi connectivity index (χ1) is 7.86. The van der Waals surface area contributed by atoms with Crippen LogP contribution in [0, 0.1) is 5.92 Å². The fourth-order valence-electron chi connectivity index (χ4n) is 2.76. The SMILES string of the molecule is N[C@H](CCC1CCCCC1)c1ccccc1. The summed E-state index contributed by atoms with van der Waals surface area (Å²) in [6.45, 7) is 0. The molecule has 2 rings (SSSR count). The van der Waals surface area contributed by atoms with Gasteiger partial charge in [0.15, 0.2) is 0 Å². The van der Waals surface area contributed by atoms with E-state index in [1.807, 2.05) is 0 Å². The highest BCUT2D eigenvalue weighted by molar-refractivity contribution is 5.18. The maximum absolute atomic E-state index is 6.21. The third-order valence-corrected chi connectivity index (χ3v) is 3.84. The zero-order chi connectivity index (χ0) is 11.2. The van der Waals surface area contributed by atoms with Crippen LogP contribution in [-0.4, -0.2) is 0 Å². The molecule has 0 bridgehead atoms. The van der Waals surface area contributed by atoms with Gasteiger partial charge < -0.3 is 5.73 Å². The first-order valence-corrected chi connectivity index (χ1v) is 6.67. The molecule has 1 aromatic rings. The summed E-state index contributed by atoms with van der Waals surface area (Å²) in [5.74, 6) is 0.948. The lowest BCUT2D eigenvalue weighted by Crippen LogP contribution is -2.13. The van der Waals surface area contributed by atoms with E-state index in [9.17, 15) is 0 Å². The normalized spacial score (nSPS) is 19.6. The van der Waals surface area contributed by atoms with Gasteiger partial charge in [-0.1, -0.05) is 62.4 Å². The van der Waals surface area contributed by atoms with Crippen LogP contribution in [0.3, 0.4) is 0 Å². The second-order valence-corrected chi connectivity index (χ2v) is 5.10. The van der Waals surface area contributed by atoms with Crippen LogP contribution in [0.15, 0.2) is 30.3 Å². The van der Waals surface area contributed by atoms with E-state index in [4.69, 9.17) is 5.73 Å². The number of benzene rings is 1. The van der Waals surface area contributed by atoms with Gasteiger partial charge in [-0.25, -0.2) is 0 Å². The minimum Gasteiger partial charge on any atom is -0.324 e. The van der Waals surface area contributed by atoms with Crippen LogP contribution in [0.4, 0.5) is 0 Å². The molecule has 0 amide bonds. The van der Waals surface area contributed by atoms with Crippen molar-refractivity contribution in [1.29, 1.82) is 0 Å². The van der Waals surface area contributed by atoms with Gasteiger partial charge in [-0.15, -0.1) is 0 Å². The molecule has 0 aliphatic heterocycles. The molecule has 1 aliphatic rings. The van der Waals surface area contributed by atoms with E-state index in [-0.39, 0.29) is 6.04 Å². The third-order valence-electron chi connectivity index (χ3n) is 3.84. The molecule has 1 nitrogen and oxygen atoms in total. The topological polar surface area (TPSA) is 26.0 Å². The van der Waals surface area contributed by atoms with Crippen LogP contribution in [0.5, 0.6) is 0 Å². The van der Waals surface area contributed by atoms with Gasteiger partial charge in [-0.2, -0.15) is 0 Å². The lowest BCUT2D eigenvalue weighted by molar-refractivity contribution is 0.324. The molecule has 1 saturated carbocycles. The summed E-state index contributed by atoms with van der Waals surface area (Å²) in [5.41, 5.74) is 7.50. The summed E-state index contributed by atoms with van der Waals surface area (Å²) in [6, 6.07) is 10.7. The van der Waals surface area contributed by atoms with Crippen molar-refractivity contribution in [1.82, 2.24) is 0 Å². The van der Waals surface area contributed by atoms with Crippen molar-refractivity contribution < 1.29 is 0 Å². The Hall–Kier alpha value is -0.820. The highest BCUT2D eigenvalue weighted by atomic mass is 14.6. The fraction of sp³-hybridized carbons (Fsp3) is 0.600. The average molecular weight is 217 g/mol. The predicted molar refractivity (Wildman–Crippen MR) is 69.2 cm³/mol. The Morgan fingerprint density at radius 1 is 1.06 bits per heavy atom. The lowest BCUT2D eigenvalue weighted by atomic mass is 9.84. The van der Waals surface area contributed by atoms with Gasteiger partial charge in [0.2, 0.25) is 0 Å². The standard InChI is InChI=1S/C15H23N/c16-15(14-9-5-2-6-10-14)12-11-13-7-3-1-4-8-13/h2,5-6,9-10,13,15H,1,3-4,7-8,11-12,16H2/t15-/m1/s1. The molecule has 0 aromatic heterocycles. The molecule has 88 valence electrons. The Morgan fingerprint density at radius 3 is 2.44 bits per heavy atom. The average Bonchev–Trinajstić information content (AvgIpc) is 2.38. The molecule has 1 heteroatoms. The maximum atomic E-state index is 6.21. The van der Waals surface area contributed by atoms with Crippen molar-refractivity contribution >= 4 is 0 Å². The van der Waals surface area contributed by atoms with E-state index in [0.29, 0.717) is 0 Å². The monoisotopic (exact) mass is 217 g/mol. The van der Waals surface area contributed by atoms with E-state index in [1.54, 1.807) is 0 Å². The molecule has 16 heavy (non-hydrogen) atoms. The second-order valence-electron chi connectivity index (χ2n) is 5.10. The Morgan fingerprint density at radius 2 is 1.75 bits per heavy atom. The van der Waals surface area contributed by atoms with Crippen LogP contribution in [0.2, 0.25) is 0 Å². The summed E-state index contributed by atoms with van der Waals surface area (Å²) < 4.78 is 0. The minimum absolute atomic E-state index is 0.239. The highest BCUT2D eigenvalue weighted by Crippen LogP contribution is 2.29. The maximum Gasteiger partial charge on any atom is 0.0294 e. The quantitative estimate of drug-likeness (QED) is 0.809. The van der Waals surface area contributed by atoms with Gasteiger partial charge in [0, 0.05) is 6.04 Å². The van der Waals surface area contributed by atoms with Crippen LogP contribution >= 0.6 is 0 Å². The summed E-state index contributed by atoms with van der Waals surface area (Å²) >= 11 is 0. The smallest absolute Gasteiger partial charge is 0.0294 e. The first kappa shape index (κ1) is 11.7. The van der Waals surface area contributed by atoms with E-state index in [1.165, 1.54) is 44.1 Å². The van der Waals surface area contributed by atoms with Crippen LogP contribution in [0.1, 0.15) is 56.6 Å². The van der Waals surface area contributed by atoms with Crippen molar-refractivity contribution in [3.8, 4) is 0 Å². The molecule has 1 aliphatic carbocycles. The van der Waals surface area contributed by atoms with Crippen LogP contribution in [0.25, 0.3) is 0 Å². The van der Waals surface area contributed by atoms with Gasteiger partial charge in [-0.3, -0.25) is 0 Å². The predicted octanol–water partition coefficient (Wildman–Crippen LogP) is 4.05. The summed E-state index contributed by atoms with van der Waals surface area (Å²) in [4.78, 5) is 0. The number of rotatable bonds is 4.